The van der Waals surface area contributed by atoms with Crippen LogP contribution < -0.4 is 0 Å². The van der Waals surface area contributed by atoms with E-state index in [2.05, 4.69) is 29.2 Å². The van der Waals surface area contributed by atoms with E-state index in [1.807, 2.05) is 37.0 Å². The fourth-order valence-electron chi connectivity index (χ4n) is 1.43. The van der Waals surface area contributed by atoms with Crippen LogP contribution in [0.15, 0.2) is 36.3 Å². The predicted octanol–water partition coefficient (Wildman–Crippen LogP) is 3.28. The average Bonchev–Trinajstić information content (AvgIpc) is 2.38. The highest BCUT2D eigenvalue weighted by atomic mass is 127. The van der Waals surface area contributed by atoms with E-state index in [-0.39, 0.29) is 5.91 Å². The van der Waals surface area contributed by atoms with Crippen LogP contribution in [0.5, 0.6) is 0 Å². The first kappa shape index (κ1) is 16.2. The van der Waals surface area contributed by atoms with Crippen LogP contribution >= 0.6 is 22.6 Å². The van der Waals surface area contributed by atoms with Gasteiger partial charge in [-0.1, -0.05) is 48.2 Å². The van der Waals surface area contributed by atoms with Crippen LogP contribution in [0, 0.1) is 0 Å². The maximum absolute atomic E-state index is 11.7. The SMILES string of the molecule is C=C1OCCN(C(=O)CC)/C1=C/C=C\C.CI. The van der Waals surface area contributed by atoms with Gasteiger partial charge in [-0.15, -0.1) is 0 Å². The minimum atomic E-state index is 0.107. The number of alkyl halides is 1. The van der Waals surface area contributed by atoms with Gasteiger partial charge in [0.05, 0.1) is 12.2 Å². The molecule has 0 aromatic heterocycles. The van der Waals surface area contributed by atoms with Crippen molar-refractivity contribution < 1.29 is 9.53 Å². The quantitative estimate of drug-likeness (QED) is 0.566. The Morgan fingerprint density at radius 1 is 1.59 bits per heavy atom. The summed E-state index contributed by atoms with van der Waals surface area (Å²) in [5.41, 5.74) is 0.770. The third-order valence-corrected chi connectivity index (χ3v) is 2.22. The van der Waals surface area contributed by atoms with Crippen molar-refractivity contribution in [3.63, 3.8) is 0 Å². The molecule has 4 heteroatoms. The largest absolute Gasteiger partial charge is 0.490 e. The van der Waals surface area contributed by atoms with Crippen molar-refractivity contribution in [3.05, 3.63) is 36.3 Å². The van der Waals surface area contributed by atoms with Gasteiger partial charge >= 0.3 is 0 Å². The fourth-order valence-corrected chi connectivity index (χ4v) is 1.43. The number of allylic oxidation sites excluding steroid dienone is 3. The van der Waals surface area contributed by atoms with Gasteiger partial charge in [0.2, 0.25) is 5.91 Å². The zero-order valence-corrected chi connectivity index (χ0v) is 12.9. The minimum Gasteiger partial charge on any atom is -0.490 e. The first-order valence-corrected chi connectivity index (χ1v) is 7.69. The third-order valence-electron chi connectivity index (χ3n) is 2.22. The van der Waals surface area contributed by atoms with Crippen LogP contribution in [0.4, 0.5) is 0 Å². The highest BCUT2D eigenvalue weighted by molar-refractivity contribution is 14.1. The van der Waals surface area contributed by atoms with Crippen molar-refractivity contribution in [2.45, 2.75) is 20.3 Å². The summed E-state index contributed by atoms with van der Waals surface area (Å²) in [5, 5.41) is 0. The molecule has 0 saturated carbocycles. The van der Waals surface area contributed by atoms with Gasteiger partial charge in [-0.25, -0.2) is 0 Å². The van der Waals surface area contributed by atoms with Gasteiger partial charge < -0.3 is 9.64 Å². The van der Waals surface area contributed by atoms with E-state index < -0.39 is 0 Å². The average molecular weight is 349 g/mol. The Balaban J connectivity index is 0.00000121. The van der Waals surface area contributed by atoms with Gasteiger partial charge in [-0.05, 0) is 17.9 Å². The first-order chi connectivity index (χ1) is 8.20. The molecule has 3 nitrogen and oxygen atoms in total. The second kappa shape index (κ2) is 9.27. The van der Waals surface area contributed by atoms with Crippen molar-refractivity contribution in [2.75, 3.05) is 18.1 Å². The molecule has 0 unspecified atom stereocenters. The Hall–Kier alpha value is -0.780. The second-order valence-electron chi connectivity index (χ2n) is 3.25. The molecule has 0 aliphatic carbocycles. The second-order valence-corrected chi connectivity index (χ2v) is 3.25. The zero-order chi connectivity index (χ0) is 13.3. The zero-order valence-electron chi connectivity index (χ0n) is 10.7. The third kappa shape index (κ3) is 4.93. The molecule has 1 aliphatic heterocycles. The molecule has 0 spiro atoms. The first-order valence-electron chi connectivity index (χ1n) is 5.54. The molecule has 1 aliphatic rings. The van der Waals surface area contributed by atoms with Gasteiger partial charge in [0, 0.05) is 6.42 Å². The molecule has 96 valence electrons. The number of hydrogen-bond acceptors (Lipinski definition) is 2. The molecule has 1 heterocycles. The summed E-state index contributed by atoms with van der Waals surface area (Å²) in [4.78, 5) is 15.3. The van der Waals surface area contributed by atoms with Crippen molar-refractivity contribution in [1.82, 2.24) is 4.90 Å². The van der Waals surface area contributed by atoms with E-state index >= 15 is 0 Å². The lowest BCUT2D eigenvalue weighted by Crippen LogP contribution is -2.37. The minimum absolute atomic E-state index is 0.107. The Bertz CT molecular complexity index is 321. The summed E-state index contributed by atoms with van der Waals surface area (Å²) in [6.07, 6.45) is 6.14. The lowest BCUT2D eigenvalue weighted by Gasteiger charge is -2.31. The highest BCUT2D eigenvalue weighted by Gasteiger charge is 2.23. The summed E-state index contributed by atoms with van der Waals surface area (Å²) >= 11 is 2.15. The smallest absolute Gasteiger partial charge is 0.226 e. The number of ether oxygens (including phenoxy) is 1. The van der Waals surface area contributed by atoms with Crippen LogP contribution in [0.3, 0.4) is 0 Å². The highest BCUT2D eigenvalue weighted by Crippen LogP contribution is 2.20. The summed E-state index contributed by atoms with van der Waals surface area (Å²) in [5.74, 6) is 0.677. The number of morpholine rings is 1. The fraction of sp³-hybridized carbons (Fsp3) is 0.462. The monoisotopic (exact) mass is 349 g/mol. The van der Waals surface area contributed by atoms with E-state index in [4.69, 9.17) is 4.74 Å². The Morgan fingerprint density at radius 2 is 2.24 bits per heavy atom. The number of rotatable bonds is 2. The molecule has 0 radical (unpaired) electrons. The molecule has 1 amide bonds. The standard InChI is InChI=1S/C12H17NO2.CH3I/c1-4-6-7-11-10(3)15-9-8-13(11)12(14)5-2;1-2/h4,6-7H,3,5,8-9H2,1-2H3;1H3/b6-4-,11-7+;. The number of carbonyl (C=O) groups is 1. The van der Waals surface area contributed by atoms with Crippen LogP contribution in [0.1, 0.15) is 20.3 Å². The normalized spacial score (nSPS) is 17.8. The van der Waals surface area contributed by atoms with E-state index in [0.29, 0.717) is 25.3 Å². The van der Waals surface area contributed by atoms with Crippen LogP contribution in [-0.4, -0.2) is 28.9 Å². The maximum atomic E-state index is 11.7. The molecule has 1 saturated heterocycles. The maximum Gasteiger partial charge on any atom is 0.226 e. The summed E-state index contributed by atoms with van der Waals surface area (Å²) < 4.78 is 5.32. The topological polar surface area (TPSA) is 29.5 Å². The van der Waals surface area contributed by atoms with Gasteiger partial charge in [0.25, 0.3) is 0 Å². The lowest BCUT2D eigenvalue weighted by atomic mass is 10.2. The van der Waals surface area contributed by atoms with E-state index in [1.165, 1.54) is 0 Å². The molecular formula is C13H20INO2. The summed E-state index contributed by atoms with van der Waals surface area (Å²) in [7, 11) is 0. The molecule has 0 aromatic rings. The van der Waals surface area contributed by atoms with Gasteiger partial charge in [-0.3, -0.25) is 4.79 Å². The van der Waals surface area contributed by atoms with E-state index in [1.54, 1.807) is 4.90 Å². The van der Waals surface area contributed by atoms with Gasteiger partial charge in [0.15, 0.2) is 0 Å². The van der Waals surface area contributed by atoms with E-state index in [9.17, 15) is 4.79 Å². The summed E-state index contributed by atoms with van der Waals surface area (Å²) in [6.45, 7) is 8.71. The molecule has 0 atom stereocenters. The van der Waals surface area contributed by atoms with Crippen molar-refractivity contribution in [3.8, 4) is 0 Å². The lowest BCUT2D eigenvalue weighted by molar-refractivity contribution is -0.130. The number of hydrogen-bond donors (Lipinski definition) is 0. The van der Waals surface area contributed by atoms with E-state index in [0.717, 1.165) is 5.70 Å². The predicted molar refractivity (Wildman–Crippen MR) is 79.9 cm³/mol. The Kier molecular flexibility index (Phi) is 8.85. The number of carbonyl (C=O) groups excluding carboxylic acids is 1. The van der Waals surface area contributed by atoms with Crippen LogP contribution in [-0.2, 0) is 9.53 Å². The summed E-state index contributed by atoms with van der Waals surface area (Å²) in [6, 6.07) is 0. The van der Waals surface area contributed by atoms with Crippen molar-refractivity contribution in [1.29, 1.82) is 0 Å². The van der Waals surface area contributed by atoms with Gasteiger partial charge in [0.1, 0.15) is 12.4 Å². The number of amides is 1. The van der Waals surface area contributed by atoms with Crippen LogP contribution in [0.25, 0.3) is 0 Å². The van der Waals surface area contributed by atoms with Crippen LogP contribution in [0.2, 0.25) is 0 Å². The molecule has 17 heavy (non-hydrogen) atoms. The molecule has 0 bridgehead atoms. The van der Waals surface area contributed by atoms with Crippen molar-refractivity contribution in [2.24, 2.45) is 0 Å². The Labute approximate surface area is 117 Å². The Morgan fingerprint density at radius 3 is 2.76 bits per heavy atom. The molecule has 0 aromatic carbocycles. The van der Waals surface area contributed by atoms with Crippen molar-refractivity contribution >= 4 is 28.5 Å². The van der Waals surface area contributed by atoms with Gasteiger partial charge in [-0.2, -0.15) is 0 Å². The molecule has 0 N–H and O–H groups in total. The molecular weight excluding hydrogens is 329 g/mol. The number of halogens is 1. The molecule has 1 rings (SSSR count). The molecule has 1 fully saturated rings. The number of nitrogens with zero attached hydrogens (tertiary/aromatic N) is 1.